The number of halogens is 1. The molecule has 1 aromatic carbocycles. The summed E-state index contributed by atoms with van der Waals surface area (Å²) in [6.45, 7) is 1.85. The second kappa shape index (κ2) is 5.27. The summed E-state index contributed by atoms with van der Waals surface area (Å²) in [4.78, 5) is 15.8. The van der Waals surface area contributed by atoms with Crippen LogP contribution in [0, 0.1) is 12.7 Å². The van der Waals surface area contributed by atoms with Gasteiger partial charge in [-0.25, -0.2) is 9.37 Å². The van der Waals surface area contributed by atoms with Gasteiger partial charge in [0, 0.05) is 22.9 Å². The van der Waals surface area contributed by atoms with Crippen LogP contribution >= 0.6 is 12.2 Å². The quantitative estimate of drug-likeness (QED) is 0.861. The molecule has 0 saturated heterocycles. The molecule has 1 aromatic heterocycles. The van der Waals surface area contributed by atoms with Crippen LogP contribution in [0.5, 0.6) is 0 Å². The standard InChI is InChI=1S/C13H12FN3OS/c1-8-4-12(18)17(7-16-8)6-10-3-2-9(13(15)19)5-11(10)14/h2-5,7H,6H2,1H3,(H2,15,19). The zero-order chi connectivity index (χ0) is 14.0. The first kappa shape index (κ1) is 13.4. The molecule has 0 fully saturated rings. The van der Waals surface area contributed by atoms with E-state index in [1.807, 2.05) is 0 Å². The molecule has 2 N–H and O–H groups in total. The Labute approximate surface area is 114 Å². The lowest BCUT2D eigenvalue weighted by Gasteiger charge is -2.08. The highest BCUT2D eigenvalue weighted by Crippen LogP contribution is 2.11. The summed E-state index contributed by atoms with van der Waals surface area (Å²) in [5.41, 5.74) is 6.68. The number of aryl methyl sites for hydroxylation is 1. The van der Waals surface area contributed by atoms with Crippen LogP contribution in [0.4, 0.5) is 4.39 Å². The molecular weight excluding hydrogens is 265 g/mol. The summed E-state index contributed by atoms with van der Waals surface area (Å²) < 4.78 is 15.2. The lowest BCUT2D eigenvalue weighted by Crippen LogP contribution is -2.21. The highest BCUT2D eigenvalue weighted by molar-refractivity contribution is 7.80. The van der Waals surface area contributed by atoms with E-state index in [2.05, 4.69) is 4.98 Å². The lowest BCUT2D eigenvalue weighted by atomic mass is 10.1. The molecule has 1 heterocycles. The largest absolute Gasteiger partial charge is 0.389 e. The molecule has 2 rings (SSSR count). The van der Waals surface area contributed by atoms with E-state index in [0.717, 1.165) is 0 Å². The van der Waals surface area contributed by atoms with Crippen molar-refractivity contribution < 1.29 is 4.39 Å². The van der Waals surface area contributed by atoms with E-state index >= 15 is 0 Å². The van der Waals surface area contributed by atoms with Crippen LogP contribution in [-0.4, -0.2) is 14.5 Å². The molecule has 0 amide bonds. The van der Waals surface area contributed by atoms with E-state index < -0.39 is 5.82 Å². The first-order valence-corrected chi connectivity index (χ1v) is 5.99. The van der Waals surface area contributed by atoms with Gasteiger partial charge in [0.05, 0.1) is 12.9 Å². The third-order valence-electron chi connectivity index (χ3n) is 2.69. The lowest BCUT2D eigenvalue weighted by molar-refractivity contribution is 0.593. The van der Waals surface area contributed by atoms with Crippen molar-refractivity contribution in [1.82, 2.24) is 9.55 Å². The van der Waals surface area contributed by atoms with Gasteiger partial charge < -0.3 is 5.73 Å². The monoisotopic (exact) mass is 277 g/mol. The van der Waals surface area contributed by atoms with Crippen molar-refractivity contribution in [3.05, 3.63) is 63.6 Å². The van der Waals surface area contributed by atoms with Gasteiger partial charge in [-0.2, -0.15) is 0 Å². The Hall–Kier alpha value is -2.08. The summed E-state index contributed by atoms with van der Waals surface area (Å²) in [7, 11) is 0. The van der Waals surface area contributed by atoms with Crippen LogP contribution < -0.4 is 11.3 Å². The van der Waals surface area contributed by atoms with Gasteiger partial charge >= 0.3 is 0 Å². The molecule has 0 aliphatic carbocycles. The van der Waals surface area contributed by atoms with E-state index in [4.69, 9.17) is 18.0 Å². The molecular formula is C13H12FN3OS. The van der Waals surface area contributed by atoms with Crippen LogP contribution in [0.2, 0.25) is 0 Å². The maximum Gasteiger partial charge on any atom is 0.253 e. The minimum Gasteiger partial charge on any atom is -0.389 e. The van der Waals surface area contributed by atoms with Crippen molar-refractivity contribution >= 4 is 17.2 Å². The summed E-state index contributed by atoms with van der Waals surface area (Å²) in [6, 6.07) is 5.87. The predicted octanol–water partition coefficient (Wildman–Crippen LogP) is 1.37. The number of benzene rings is 1. The van der Waals surface area contributed by atoms with Gasteiger partial charge in [0.2, 0.25) is 0 Å². The molecule has 4 nitrogen and oxygen atoms in total. The van der Waals surface area contributed by atoms with Crippen molar-refractivity contribution in [2.45, 2.75) is 13.5 Å². The van der Waals surface area contributed by atoms with Crippen molar-refractivity contribution in [3.8, 4) is 0 Å². The van der Waals surface area contributed by atoms with Crippen LogP contribution in [0.25, 0.3) is 0 Å². The van der Waals surface area contributed by atoms with Crippen molar-refractivity contribution in [2.75, 3.05) is 0 Å². The SMILES string of the molecule is Cc1cc(=O)n(Cc2ccc(C(N)=S)cc2F)cn1. The predicted molar refractivity (Wildman–Crippen MR) is 74.6 cm³/mol. The maximum absolute atomic E-state index is 13.9. The van der Waals surface area contributed by atoms with E-state index in [1.165, 1.54) is 23.0 Å². The van der Waals surface area contributed by atoms with Gasteiger partial charge in [-0.1, -0.05) is 24.4 Å². The Balaban J connectivity index is 2.33. The first-order valence-electron chi connectivity index (χ1n) is 5.58. The Bertz CT molecular complexity index is 697. The fraction of sp³-hybridized carbons (Fsp3) is 0.154. The van der Waals surface area contributed by atoms with Crippen LogP contribution in [0.3, 0.4) is 0 Å². The number of thiocarbonyl (C=S) groups is 1. The van der Waals surface area contributed by atoms with Crippen LogP contribution in [0.1, 0.15) is 16.8 Å². The zero-order valence-corrected chi connectivity index (χ0v) is 11.1. The van der Waals surface area contributed by atoms with Crippen LogP contribution in [0.15, 0.2) is 35.4 Å². The van der Waals surface area contributed by atoms with Crippen molar-refractivity contribution in [2.24, 2.45) is 5.73 Å². The molecule has 6 heteroatoms. The second-order valence-corrected chi connectivity index (χ2v) is 4.61. The number of nitrogens with two attached hydrogens (primary N) is 1. The van der Waals surface area contributed by atoms with Gasteiger partial charge in [0.15, 0.2) is 0 Å². The Morgan fingerprint density at radius 1 is 1.47 bits per heavy atom. The highest BCUT2D eigenvalue weighted by atomic mass is 32.1. The number of nitrogens with zero attached hydrogens (tertiary/aromatic N) is 2. The van der Waals surface area contributed by atoms with Crippen molar-refractivity contribution in [3.63, 3.8) is 0 Å². The average molecular weight is 277 g/mol. The number of aromatic nitrogens is 2. The topological polar surface area (TPSA) is 60.9 Å². The molecule has 98 valence electrons. The number of hydrogen-bond donors (Lipinski definition) is 1. The molecule has 0 aliphatic heterocycles. The summed E-state index contributed by atoms with van der Waals surface area (Å²) in [6.07, 6.45) is 1.40. The van der Waals surface area contributed by atoms with E-state index in [-0.39, 0.29) is 17.1 Å². The fourth-order valence-electron chi connectivity index (χ4n) is 1.65. The average Bonchev–Trinajstić information content (AvgIpc) is 2.34. The van der Waals surface area contributed by atoms with E-state index in [0.29, 0.717) is 16.8 Å². The third-order valence-corrected chi connectivity index (χ3v) is 2.93. The molecule has 19 heavy (non-hydrogen) atoms. The third kappa shape index (κ3) is 3.03. The molecule has 0 aliphatic rings. The van der Waals surface area contributed by atoms with Gasteiger partial charge in [0.1, 0.15) is 10.8 Å². The number of rotatable bonds is 3. The smallest absolute Gasteiger partial charge is 0.253 e. The van der Waals surface area contributed by atoms with Gasteiger partial charge in [-0.05, 0) is 13.0 Å². The van der Waals surface area contributed by atoms with Gasteiger partial charge in [-0.3, -0.25) is 9.36 Å². The van der Waals surface area contributed by atoms with Gasteiger partial charge in [0.25, 0.3) is 5.56 Å². The second-order valence-electron chi connectivity index (χ2n) is 4.17. The number of hydrogen-bond acceptors (Lipinski definition) is 3. The Morgan fingerprint density at radius 2 is 2.21 bits per heavy atom. The van der Waals surface area contributed by atoms with Gasteiger partial charge in [-0.15, -0.1) is 0 Å². The zero-order valence-electron chi connectivity index (χ0n) is 10.3. The maximum atomic E-state index is 13.9. The molecule has 0 unspecified atom stereocenters. The minimum absolute atomic E-state index is 0.121. The van der Waals surface area contributed by atoms with E-state index in [1.54, 1.807) is 19.1 Å². The Kier molecular flexibility index (Phi) is 3.71. The summed E-state index contributed by atoms with van der Waals surface area (Å²) >= 11 is 4.78. The van der Waals surface area contributed by atoms with Crippen molar-refractivity contribution in [1.29, 1.82) is 0 Å². The summed E-state index contributed by atoms with van der Waals surface area (Å²) in [5.74, 6) is -0.447. The molecule has 0 bridgehead atoms. The normalized spacial score (nSPS) is 10.4. The highest BCUT2D eigenvalue weighted by Gasteiger charge is 2.07. The minimum atomic E-state index is -0.447. The van der Waals surface area contributed by atoms with E-state index in [9.17, 15) is 9.18 Å². The Morgan fingerprint density at radius 3 is 2.79 bits per heavy atom. The molecule has 0 saturated carbocycles. The first-order chi connectivity index (χ1) is 8.97. The molecule has 0 atom stereocenters. The molecule has 0 radical (unpaired) electrons. The molecule has 0 spiro atoms. The fourth-order valence-corrected chi connectivity index (χ4v) is 1.77. The molecule has 2 aromatic rings. The summed E-state index contributed by atoms with van der Waals surface area (Å²) in [5, 5.41) is 0. The van der Waals surface area contributed by atoms with Crippen LogP contribution in [-0.2, 0) is 6.54 Å².